The molecule has 0 bridgehead atoms. The number of benzene rings is 1. The van der Waals surface area contributed by atoms with Crippen molar-refractivity contribution in [1.29, 1.82) is 0 Å². The van der Waals surface area contributed by atoms with E-state index in [0.29, 0.717) is 12.4 Å². The highest BCUT2D eigenvalue weighted by atomic mass is 16.3. The zero-order valence-electron chi connectivity index (χ0n) is 12.8. The number of hydrogen-bond donors (Lipinski definition) is 4. The van der Waals surface area contributed by atoms with Gasteiger partial charge in [-0.15, -0.1) is 0 Å². The molecule has 0 saturated heterocycles. The van der Waals surface area contributed by atoms with Gasteiger partial charge < -0.3 is 15.7 Å². The maximum Gasteiger partial charge on any atom is 0.315 e. The van der Waals surface area contributed by atoms with E-state index in [0.717, 1.165) is 36.8 Å². The van der Waals surface area contributed by atoms with E-state index in [9.17, 15) is 9.90 Å². The first-order valence-corrected chi connectivity index (χ1v) is 7.89. The van der Waals surface area contributed by atoms with Gasteiger partial charge in [-0.25, -0.2) is 9.78 Å². The van der Waals surface area contributed by atoms with Crippen LogP contribution in [0.25, 0.3) is 11.4 Å². The molecule has 1 aliphatic rings. The molecule has 122 valence electrons. The van der Waals surface area contributed by atoms with Crippen molar-refractivity contribution in [1.82, 2.24) is 25.8 Å². The molecule has 0 aliphatic heterocycles. The summed E-state index contributed by atoms with van der Waals surface area (Å²) in [6.45, 7) is 0.413. The molecule has 1 aliphatic carbocycles. The minimum Gasteiger partial charge on any atom is -0.391 e. The number of aliphatic hydroxyl groups is 1. The molecular formula is C16H21N5O2. The number of nitrogens with zero attached hydrogens (tertiary/aromatic N) is 2. The molecule has 1 aromatic carbocycles. The van der Waals surface area contributed by atoms with Gasteiger partial charge in [-0.05, 0) is 24.5 Å². The first-order chi connectivity index (χ1) is 11.2. The number of urea groups is 1. The average molecular weight is 315 g/mol. The minimum absolute atomic E-state index is 0.149. The van der Waals surface area contributed by atoms with Crippen molar-refractivity contribution in [3.63, 3.8) is 0 Å². The number of amides is 2. The lowest BCUT2D eigenvalue weighted by atomic mass is 9.93. The summed E-state index contributed by atoms with van der Waals surface area (Å²) in [5.74, 6) is 0.696. The Balaban J connectivity index is 1.54. The summed E-state index contributed by atoms with van der Waals surface area (Å²) in [5.41, 5.74) is 1.89. The van der Waals surface area contributed by atoms with Gasteiger partial charge in [0.1, 0.15) is 6.33 Å². The SMILES string of the molecule is O=C(NCc1cccc(-c2ncn[nH]2)c1)NC1CCCCC1O. The van der Waals surface area contributed by atoms with Gasteiger partial charge in [-0.1, -0.05) is 31.0 Å². The number of aromatic amines is 1. The fourth-order valence-electron chi connectivity index (χ4n) is 2.85. The second-order valence-electron chi connectivity index (χ2n) is 5.82. The molecule has 3 rings (SSSR count). The van der Waals surface area contributed by atoms with Crippen LogP contribution in [0.5, 0.6) is 0 Å². The Bertz CT molecular complexity index is 644. The van der Waals surface area contributed by atoms with E-state index in [1.54, 1.807) is 0 Å². The van der Waals surface area contributed by atoms with Gasteiger partial charge in [0.05, 0.1) is 12.1 Å². The summed E-state index contributed by atoms with van der Waals surface area (Å²) in [4.78, 5) is 16.1. The Morgan fingerprint density at radius 3 is 3.00 bits per heavy atom. The molecule has 7 nitrogen and oxygen atoms in total. The van der Waals surface area contributed by atoms with Crippen LogP contribution < -0.4 is 10.6 Å². The minimum atomic E-state index is -0.440. The van der Waals surface area contributed by atoms with Crippen LogP contribution in [0.4, 0.5) is 4.79 Å². The van der Waals surface area contributed by atoms with E-state index in [2.05, 4.69) is 25.8 Å². The molecule has 2 atom stereocenters. The van der Waals surface area contributed by atoms with Crippen LogP contribution in [0, 0.1) is 0 Å². The van der Waals surface area contributed by atoms with E-state index in [-0.39, 0.29) is 12.1 Å². The molecular weight excluding hydrogens is 294 g/mol. The van der Waals surface area contributed by atoms with Gasteiger partial charge in [0, 0.05) is 12.1 Å². The lowest BCUT2D eigenvalue weighted by Crippen LogP contribution is -2.48. The molecule has 4 N–H and O–H groups in total. The van der Waals surface area contributed by atoms with Gasteiger partial charge in [0.25, 0.3) is 0 Å². The topological polar surface area (TPSA) is 103 Å². The molecule has 0 radical (unpaired) electrons. The van der Waals surface area contributed by atoms with E-state index in [1.807, 2.05) is 24.3 Å². The number of carbonyl (C=O) groups is 1. The quantitative estimate of drug-likeness (QED) is 0.687. The summed E-state index contributed by atoms with van der Waals surface area (Å²) < 4.78 is 0. The smallest absolute Gasteiger partial charge is 0.315 e. The number of nitrogens with one attached hydrogen (secondary N) is 3. The van der Waals surface area contributed by atoms with Gasteiger partial charge in [-0.2, -0.15) is 5.10 Å². The predicted molar refractivity (Wildman–Crippen MR) is 85.5 cm³/mol. The Morgan fingerprint density at radius 1 is 1.35 bits per heavy atom. The second-order valence-corrected chi connectivity index (χ2v) is 5.82. The predicted octanol–water partition coefficient (Wildman–Crippen LogP) is 1.57. The van der Waals surface area contributed by atoms with Crippen LogP contribution >= 0.6 is 0 Å². The summed E-state index contributed by atoms with van der Waals surface area (Å²) in [6, 6.07) is 7.34. The molecule has 1 fully saturated rings. The summed E-state index contributed by atoms with van der Waals surface area (Å²) in [6.07, 6.45) is 4.67. The van der Waals surface area contributed by atoms with Crippen molar-refractivity contribution in [2.75, 3.05) is 0 Å². The van der Waals surface area contributed by atoms with Crippen molar-refractivity contribution >= 4 is 6.03 Å². The van der Waals surface area contributed by atoms with Gasteiger partial charge in [0.2, 0.25) is 0 Å². The number of aliphatic hydroxyl groups excluding tert-OH is 1. The molecule has 7 heteroatoms. The fourth-order valence-corrected chi connectivity index (χ4v) is 2.85. The molecule has 1 heterocycles. The second kappa shape index (κ2) is 7.23. The highest BCUT2D eigenvalue weighted by Crippen LogP contribution is 2.18. The zero-order valence-corrected chi connectivity index (χ0v) is 12.8. The first kappa shape index (κ1) is 15.5. The van der Waals surface area contributed by atoms with E-state index < -0.39 is 6.10 Å². The third-order valence-corrected chi connectivity index (χ3v) is 4.11. The molecule has 0 spiro atoms. The van der Waals surface area contributed by atoms with Crippen molar-refractivity contribution in [3.05, 3.63) is 36.2 Å². The molecule has 2 aromatic rings. The van der Waals surface area contributed by atoms with Crippen molar-refractivity contribution < 1.29 is 9.90 Å². The standard InChI is InChI=1S/C16H21N5O2/c22-14-7-2-1-6-13(14)20-16(23)17-9-11-4-3-5-12(8-11)15-18-10-19-21-15/h3-5,8,10,13-14,22H,1-2,6-7,9H2,(H2,17,20,23)(H,18,19,21). The number of rotatable bonds is 4. The number of hydrogen-bond acceptors (Lipinski definition) is 4. The van der Waals surface area contributed by atoms with Crippen LogP contribution in [-0.4, -0.2) is 38.5 Å². The summed E-state index contributed by atoms with van der Waals surface area (Å²) >= 11 is 0. The van der Waals surface area contributed by atoms with Crippen LogP contribution in [0.2, 0.25) is 0 Å². The summed E-state index contributed by atoms with van der Waals surface area (Å²) in [5, 5.41) is 22.2. The van der Waals surface area contributed by atoms with Gasteiger partial charge in [-0.3, -0.25) is 5.10 Å². The zero-order chi connectivity index (χ0) is 16.1. The number of H-pyrrole nitrogens is 1. The van der Waals surface area contributed by atoms with E-state index in [1.165, 1.54) is 6.33 Å². The molecule has 2 unspecified atom stereocenters. The maximum atomic E-state index is 12.0. The largest absolute Gasteiger partial charge is 0.391 e. The number of carbonyl (C=O) groups excluding carboxylic acids is 1. The van der Waals surface area contributed by atoms with Gasteiger partial charge >= 0.3 is 6.03 Å². The lowest BCUT2D eigenvalue weighted by Gasteiger charge is -2.28. The average Bonchev–Trinajstić information content (AvgIpc) is 3.10. The molecule has 2 amide bonds. The monoisotopic (exact) mass is 315 g/mol. The highest BCUT2D eigenvalue weighted by molar-refractivity contribution is 5.74. The Hall–Kier alpha value is -2.41. The molecule has 23 heavy (non-hydrogen) atoms. The molecule has 1 aromatic heterocycles. The van der Waals surface area contributed by atoms with Crippen LogP contribution in [0.1, 0.15) is 31.2 Å². The Labute approximate surface area is 134 Å². The fraction of sp³-hybridized carbons (Fsp3) is 0.438. The van der Waals surface area contributed by atoms with Crippen LogP contribution in [0.3, 0.4) is 0 Å². The summed E-state index contributed by atoms with van der Waals surface area (Å²) in [7, 11) is 0. The van der Waals surface area contributed by atoms with E-state index >= 15 is 0 Å². The van der Waals surface area contributed by atoms with Crippen molar-refractivity contribution in [2.24, 2.45) is 0 Å². The van der Waals surface area contributed by atoms with Gasteiger partial charge in [0.15, 0.2) is 5.82 Å². The maximum absolute atomic E-state index is 12.0. The molecule has 1 saturated carbocycles. The normalized spacial score (nSPS) is 20.9. The third-order valence-electron chi connectivity index (χ3n) is 4.11. The first-order valence-electron chi connectivity index (χ1n) is 7.89. The Morgan fingerprint density at radius 2 is 2.22 bits per heavy atom. The Kier molecular flexibility index (Phi) is 4.87. The van der Waals surface area contributed by atoms with E-state index in [4.69, 9.17) is 0 Å². The highest BCUT2D eigenvalue weighted by Gasteiger charge is 2.24. The van der Waals surface area contributed by atoms with Crippen LogP contribution in [-0.2, 0) is 6.54 Å². The van der Waals surface area contributed by atoms with Crippen LogP contribution in [0.15, 0.2) is 30.6 Å². The number of aromatic nitrogens is 3. The lowest BCUT2D eigenvalue weighted by molar-refractivity contribution is 0.0943. The van der Waals surface area contributed by atoms with Crippen molar-refractivity contribution in [2.45, 2.75) is 44.4 Å². The van der Waals surface area contributed by atoms with Crippen molar-refractivity contribution in [3.8, 4) is 11.4 Å². The third kappa shape index (κ3) is 4.07.